The van der Waals surface area contributed by atoms with E-state index in [9.17, 15) is 26.0 Å². The van der Waals surface area contributed by atoms with Gasteiger partial charge in [0.1, 0.15) is 10.7 Å². The second-order valence-electron chi connectivity index (χ2n) is 4.77. The minimum atomic E-state index is -4.71. The molecule has 2 rings (SSSR count). The van der Waals surface area contributed by atoms with Crippen molar-refractivity contribution in [2.75, 3.05) is 6.26 Å². The molecule has 0 amide bonds. The lowest BCUT2D eigenvalue weighted by atomic mass is 10.0. The van der Waals surface area contributed by atoms with Gasteiger partial charge in [-0.1, -0.05) is 12.1 Å². The Morgan fingerprint density at radius 3 is 2.48 bits per heavy atom. The summed E-state index contributed by atoms with van der Waals surface area (Å²) in [5.74, 6) is -0.598. The Bertz CT molecular complexity index is 828. The largest absolute Gasteiger partial charge is 0.427 e. The smallest absolute Gasteiger partial charge is 0.265 e. The molecule has 0 fully saturated rings. The Kier molecular flexibility index (Phi) is 4.79. The van der Waals surface area contributed by atoms with Crippen LogP contribution in [0.25, 0.3) is 11.3 Å². The van der Waals surface area contributed by atoms with Crippen LogP contribution in [0.3, 0.4) is 0 Å². The van der Waals surface area contributed by atoms with E-state index in [2.05, 4.69) is 8.56 Å². The minimum absolute atomic E-state index is 0.118. The van der Waals surface area contributed by atoms with Crippen LogP contribution in [0.2, 0.25) is 0 Å². The molecule has 0 aliphatic heterocycles. The van der Waals surface area contributed by atoms with Crippen molar-refractivity contribution < 1.29 is 30.2 Å². The average Bonchev–Trinajstić information content (AvgIpc) is 2.82. The van der Waals surface area contributed by atoms with Crippen molar-refractivity contribution in [3.63, 3.8) is 0 Å². The number of rotatable bonds is 4. The number of alkyl halides is 3. The van der Waals surface area contributed by atoms with Crippen molar-refractivity contribution in [2.24, 2.45) is 0 Å². The number of nitrogens with zero attached hydrogens (tertiary/aromatic N) is 1. The third kappa shape index (κ3) is 4.27. The molecule has 0 aliphatic carbocycles. The van der Waals surface area contributed by atoms with E-state index < -0.39 is 39.2 Å². The molecule has 0 saturated carbocycles. The number of benzene rings is 1. The van der Waals surface area contributed by atoms with E-state index in [0.717, 1.165) is 12.3 Å². The molecule has 0 atom stereocenters. The van der Waals surface area contributed by atoms with Gasteiger partial charge in [-0.2, -0.15) is 26.0 Å². The van der Waals surface area contributed by atoms with Crippen LogP contribution in [0.15, 0.2) is 18.2 Å². The molecular formula is C13H11F4NO3S2. The summed E-state index contributed by atoms with van der Waals surface area (Å²) in [7, 11) is -3.94. The van der Waals surface area contributed by atoms with Gasteiger partial charge in [-0.3, -0.25) is 4.18 Å². The standard InChI is InChI=1S/C13H11F4NO3S2/c1-7-3-4-8(5-10(7)14)11-9(6-21-23(2,19)20)12(22-18-11)13(15,16)17/h3-5H,6H2,1-2H3. The van der Waals surface area contributed by atoms with Gasteiger partial charge in [0.25, 0.3) is 10.1 Å². The first kappa shape index (κ1) is 17.8. The highest BCUT2D eigenvalue weighted by atomic mass is 32.2. The van der Waals surface area contributed by atoms with Crippen molar-refractivity contribution in [3.8, 4) is 11.3 Å². The number of hydrogen-bond donors (Lipinski definition) is 0. The Labute approximate surface area is 134 Å². The molecule has 0 saturated heterocycles. The molecule has 126 valence electrons. The molecule has 1 aromatic heterocycles. The van der Waals surface area contributed by atoms with Gasteiger partial charge in [-0.05, 0) is 30.1 Å². The van der Waals surface area contributed by atoms with Crippen LogP contribution in [-0.2, 0) is 27.1 Å². The SMILES string of the molecule is Cc1ccc(-c2nsc(C(F)(F)F)c2COS(C)(=O)=O)cc1F. The Hall–Kier alpha value is -1.52. The molecule has 4 nitrogen and oxygen atoms in total. The minimum Gasteiger partial charge on any atom is -0.265 e. The highest BCUT2D eigenvalue weighted by molar-refractivity contribution is 7.85. The molecular weight excluding hydrogens is 358 g/mol. The third-order valence-corrected chi connectivity index (χ3v) is 4.39. The van der Waals surface area contributed by atoms with Crippen molar-refractivity contribution in [2.45, 2.75) is 19.7 Å². The predicted molar refractivity (Wildman–Crippen MR) is 76.9 cm³/mol. The van der Waals surface area contributed by atoms with Gasteiger partial charge in [0.15, 0.2) is 0 Å². The van der Waals surface area contributed by atoms with Crippen LogP contribution < -0.4 is 0 Å². The van der Waals surface area contributed by atoms with E-state index >= 15 is 0 Å². The lowest BCUT2D eigenvalue weighted by Crippen LogP contribution is -2.09. The summed E-state index contributed by atoms with van der Waals surface area (Å²) in [4.78, 5) is -1.07. The molecule has 23 heavy (non-hydrogen) atoms. The highest BCUT2D eigenvalue weighted by Crippen LogP contribution is 2.40. The zero-order valence-electron chi connectivity index (χ0n) is 11.9. The summed E-state index contributed by atoms with van der Waals surface area (Å²) < 4.78 is 83.0. The maximum atomic E-state index is 13.6. The molecule has 1 heterocycles. The predicted octanol–water partition coefficient (Wildman–Crippen LogP) is 3.75. The van der Waals surface area contributed by atoms with Gasteiger partial charge in [0, 0.05) is 11.1 Å². The topological polar surface area (TPSA) is 56.3 Å². The number of halogens is 4. The van der Waals surface area contributed by atoms with E-state index in [1.165, 1.54) is 19.1 Å². The summed E-state index contributed by atoms with van der Waals surface area (Å²) in [6, 6.07) is 3.87. The molecule has 0 bridgehead atoms. The van der Waals surface area contributed by atoms with Gasteiger partial charge in [0.05, 0.1) is 18.6 Å². The molecule has 1 aromatic carbocycles. The number of hydrogen-bond acceptors (Lipinski definition) is 5. The molecule has 0 radical (unpaired) electrons. The summed E-state index contributed by atoms with van der Waals surface area (Å²) in [5.41, 5.74) is -0.137. The van der Waals surface area contributed by atoms with E-state index in [4.69, 9.17) is 0 Å². The highest BCUT2D eigenvalue weighted by Gasteiger charge is 2.38. The third-order valence-electron chi connectivity index (χ3n) is 2.91. The molecule has 0 spiro atoms. The van der Waals surface area contributed by atoms with Gasteiger partial charge < -0.3 is 0 Å². The van der Waals surface area contributed by atoms with E-state index in [0.29, 0.717) is 5.56 Å². The second kappa shape index (κ2) is 6.17. The summed E-state index contributed by atoms with van der Waals surface area (Å²) in [6.07, 6.45) is -3.99. The van der Waals surface area contributed by atoms with E-state index in [1.807, 2.05) is 0 Å². The fourth-order valence-electron chi connectivity index (χ4n) is 1.80. The maximum absolute atomic E-state index is 13.6. The maximum Gasteiger partial charge on any atom is 0.427 e. The van der Waals surface area contributed by atoms with Crippen molar-refractivity contribution in [1.29, 1.82) is 0 Å². The van der Waals surface area contributed by atoms with Gasteiger partial charge in [-0.15, -0.1) is 0 Å². The molecule has 0 unspecified atom stereocenters. The monoisotopic (exact) mass is 369 g/mol. The summed E-state index contributed by atoms with van der Waals surface area (Å²) in [5, 5.41) is 0. The fraction of sp³-hybridized carbons (Fsp3) is 0.308. The first-order valence-electron chi connectivity index (χ1n) is 6.15. The molecule has 2 aromatic rings. The lowest BCUT2D eigenvalue weighted by molar-refractivity contribution is -0.135. The second-order valence-corrected chi connectivity index (χ2v) is 7.18. The van der Waals surface area contributed by atoms with Crippen LogP contribution in [-0.4, -0.2) is 19.0 Å². The quantitative estimate of drug-likeness (QED) is 0.608. The van der Waals surface area contributed by atoms with Crippen LogP contribution in [0.5, 0.6) is 0 Å². The van der Waals surface area contributed by atoms with Crippen LogP contribution >= 0.6 is 11.5 Å². The van der Waals surface area contributed by atoms with E-state index in [-0.39, 0.29) is 22.8 Å². The van der Waals surface area contributed by atoms with Gasteiger partial charge in [-0.25, -0.2) is 4.39 Å². The van der Waals surface area contributed by atoms with Crippen molar-refractivity contribution in [1.82, 2.24) is 4.37 Å². The Balaban J connectivity index is 2.54. The molecule has 0 N–H and O–H groups in total. The van der Waals surface area contributed by atoms with Gasteiger partial charge in [0.2, 0.25) is 0 Å². The summed E-state index contributed by atoms with van der Waals surface area (Å²) >= 11 is 0.166. The number of aryl methyl sites for hydroxylation is 1. The normalized spacial score (nSPS) is 12.6. The number of aromatic nitrogens is 1. The first-order valence-corrected chi connectivity index (χ1v) is 8.74. The first-order chi connectivity index (χ1) is 10.5. The summed E-state index contributed by atoms with van der Waals surface area (Å²) in [6.45, 7) is 0.685. The van der Waals surface area contributed by atoms with Crippen LogP contribution in [0, 0.1) is 12.7 Å². The Morgan fingerprint density at radius 2 is 1.96 bits per heavy atom. The van der Waals surface area contributed by atoms with Crippen LogP contribution in [0.1, 0.15) is 16.0 Å². The lowest BCUT2D eigenvalue weighted by Gasteiger charge is -2.09. The average molecular weight is 369 g/mol. The van der Waals surface area contributed by atoms with Crippen molar-refractivity contribution >= 4 is 21.7 Å². The van der Waals surface area contributed by atoms with E-state index in [1.54, 1.807) is 0 Å². The fourth-order valence-corrected chi connectivity index (χ4v) is 2.90. The van der Waals surface area contributed by atoms with Crippen LogP contribution in [0.4, 0.5) is 17.6 Å². The Morgan fingerprint density at radius 1 is 1.30 bits per heavy atom. The molecule has 0 aliphatic rings. The zero-order valence-corrected chi connectivity index (χ0v) is 13.6. The zero-order chi connectivity index (χ0) is 17.4. The molecule has 10 heteroatoms. The van der Waals surface area contributed by atoms with Crippen molar-refractivity contribution in [3.05, 3.63) is 40.0 Å². The van der Waals surface area contributed by atoms with Gasteiger partial charge >= 0.3 is 6.18 Å².